The number of anilines is 2. The number of hydrogen-bond acceptors (Lipinski definition) is 6. The number of nitrogens with one attached hydrogen (secondary N) is 1. The van der Waals surface area contributed by atoms with E-state index in [9.17, 15) is 9.18 Å². The Hall–Kier alpha value is -4.14. The van der Waals surface area contributed by atoms with Gasteiger partial charge in [-0.3, -0.25) is 9.79 Å². The first-order chi connectivity index (χ1) is 19.0. The Kier molecular flexibility index (Phi) is 6.81. The van der Waals surface area contributed by atoms with Gasteiger partial charge in [-0.15, -0.1) is 0 Å². The van der Waals surface area contributed by atoms with E-state index < -0.39 is 0 Å². The lowest BCUT2D eigenvalue weighted by atomic mass is 9.95. The fourth-order valence-electron chi connectivity index (χ4n) is 4.98. The summed E-state index contributed by atoms with van der Waals surface area (Å²) in [6, 6.07) is 19.5. The molecule has 2 aliphatic heterocycles. The van der Waals surface area contributed by atoms with Crippen molar-refractivity contribution in [3.8, 4) is 11.3 Å². The second-order valence-corrected chi connectivity index (χ2v) is 10.2. The number of fused-ring (bicyclic) bond motifs is 3. The van der Waals surface area contributed by atoms with Crippen molar-refractivity contribution in [3.63, 3.8) is 0 Å². The minimum atomic E-state index is -0.354. The number of hydrogen-bond donors (Lipinski definition) is 2. The van der Waals surface area contributed by atoms with Crippen molar-refractivity contribution in [2.75, 3.05) is 18.4 Å². The molecule has 1 saturated heterocycles. The van der Waals surface area contributed by atoms with Crippen molar-refractivity contribution in [2.24, 2.45) is 10.7 Å². The molecule has 1 aromatic heterocycles. The summed E-state index contributed by atoms with van der Waals surface area (Å²) in [6.45, 7) is 1.65. The zero-order valence-corrected chi connectivity index (χ0v) is 21.8. The molecule has 4 aromatic rings. The van der Waals surface area contributed by atoms with Gasteiger partial charge in [-0.1, -0.05) is 29.8 Å². The first kappa shape index (κ1) is 25.2. The normalized spacial score (nSPS) is 15.2. The van der Waals surface area contributed by atoms with E-state index in [0.717, 1.165) is 29.7 Å². The van der Waals surface area contributed by atoms with Gasteiger partial charge in [0.2, 0.25) is 5.95 Å². The zero-order valence-electron chi connectivity index (χ0n) is 21.1. The summed E-state index contributed by atoms with van der Waals surface area (Å²) in [5.41, 5.74) is 11.3. The molecule has 0 aliphatic carbocycles. The van der Waals surface area contributed by atoms with Crippen LogP contribution in [0.3, 0.4) is 0 Å². The molecule has 0 saturated carbocycles. The quantitative estimate of drug-likeness (QED) is 0.351. The molecular formula is C30H26ClFN6O. The molecule has 39 heavy (non-hydrogen) atoms. The van der Waals surface area contributed by atoms with E-state index in [1.807, 2.05) is 23.1 Å². The summed E-state index contributed by atoms with van der Waals surface area (Å²) in [5.74, 6) is 0.0519. The van der Waals surface area contributed by atoms with Crippen LogP contribution in [0, 0.1) is 5.82 Å². The summed E-state index contributed by atoms with van der Waals surface area (Å²) in [4.78, 5) is 28.7. The van der Waals surface area contributed by atoms with Crippen LogP contribution in [0.25, 0.3) is 11.3 Å². The molecule has 0 atom stereocenters. The zero-order chi connectivity index (χ0) is 26.9. The number of piperidine rings is 1. The lowest BCUT2D eigenvalue weighted by Crippen LogP contribution is -2.42. The Bertz CT molecular complexity index is 1580. The van der Waals surface area contributed by atoms with Crippen molar-refractivity contribution in [2.45, 2.75) is 25.4 Å². The maximum absolute atomic E-state index is 14.8. The molecule has 6 rings (SSSR count). The third-order valence-electron chi connectivity index (χ3n) is 7.11. The van der Waals surface area contributed by atoms with Gasteiger partial charge in [-0.05, 0) is 61.4 Å². The molecule has 9 heteroatoms. The smallest absolute Gasteiger partial charge is 0.253 e. The Morgan fingerprint density at radius 2 is 1.77 bits per heavy atom. The predicted octanol–water partition coefficient (Wildman–Crippen LogP) is 5.59. The highest BCUT2D eigenvalue weighted by Gasteiger charge is 2.24. The molecule has 7 nitrogen and oxygen atoms in total. The summed E-state index contributed by atoms with van der Waals surface area (Å²) < 4.78 is 14.8. The molecular weight excluding hydrogens is 515 g/mol. The molecule has 0 bridgehead atoms. The number of likely N-dealkylation sites (tertiary alicyclic amines) is 1. The second-order valence-electron chi connectivity index (χ2n) is 9.73. The maximum Gasteiger partial charge on any atom is 0.253 e. The molecule has 0 spiro atoms. The van der Waals surface area contributed by atoms with Crippen molar-refractivity contribution < 1.29 is 9.18 Å². The number of nitrogens with two attached hydrogens (primary N) is 1. The third-order valence-corrected chi connectivity index (χ3v) is 7.34. The van der Waals surface area contributed by atoms with Gasteiger partial charge in [0.05, 0.1) is 18.0 Å². The number of aliphatic imine (C=N–C) groups is 1. The van der Waals surface area contributed by atoms with Gasteiger partial charge in [0, 0.05) is 63.9 Å². The van der Waals surface area contributed by atoms with E-state index in [1.165, 1.54) is 6.07 Å². The van der Waals surface area contributed by atoms with Crippen molar-refractivity contribution in [1.82, 2.24) is 14.9 Å². The summed E-state index contributed by atoms with van der Waals surface area (Å²) in [6.07, 6.45) is 3.38. The van der Waals surface area contributed by atoms with Crippen LogP contribution in [-0.2, 0) is 6.54 Å². The van der Waals surface area contributed by atoms with Gasteiger partial charge in [0.15, 0.2) is 0 Å². The molecule has 2 aliphatic rings. The Morgan fingerprint density at radius 1 is 1.00 bits per heavy atom. The second kappa shape index (κ2) is 10.6. The average Bonchev–Trinajstić information content (AvgIpc) is 3.10. The molecule has 1 amide bonds. The fourth-order valence-corrected chi connectivity index (χ4v) is 5.15. The third kappa shape index (κ3) is 5.13. The van der Waals surface area contributed by atoms with E-state index >= 15 is 0 Å². The van der Waals surface area contributed by atoms with Crippen molar-refractivity contribution in [1.29, 1.82) is 0 Å². The lowest BCUT2D eigenvalue weighted by Gasteiger charge is -2.30. The number of benzene rings is 3. The van der Waals surface area contributed by atoms with Gasteiger partial charge in [-0.25, -0.2) is 14.4 Å². The van der Waals surface area contributed by atoms with E-state index in [1.54, 1.807) is 48.7 Å². The Labute approximate surface area is 230 Å². The predicted molar refractivity (Wildman–Crippen MR) is 151 cm³/mol. The van der Waals surface area contributed by atoms with Crippen LogP contribution >= 0.6 is 11.6 Å². The highest BCUT2D eigenvalue weighted by atomic mass is 35.5. The van der Waals surface area contributed by atoms with E-state index in [0.29, 0.717) is 58.7 Å². The van der Waals surface area contributed by atoms with E-state index in [-0.39, 0.29) is 17.8 Å². The van der Waals surface area contributed by atoms with Crippen molar-refractivity contribution in [3.05, 3.63) is 106 Å². The number of halogens is 2. The van der Waals surface area contributed by atoms with Crippen LogP contribution in [0.4, 0.5) is 16.0 Å². The van der Waals surface area contributed by atoms with Crippen LogP contribution < -0.4 is 11.1 Å². The summed E-state index contributed by atoms with van der Waals surface area (Å²) in [7, 11) is 0. The average molecular weight is 541 g/mol. The van der Waals surface area contributed by atoms with Crippen LogP contribution in [-0.4, -0.2) is 45.6 Å². The van der Waals surface area contributed by atoms with Gasteiger partial charge < -0.3 is 16.0 Å². The lowest BCUT2D eigenvalue weighted by molar-refractivity contribution is 0.0715. The van der Waals surface area contributed by atoms with E-state index in [2.05, 4.69) is 10.3 Å². The van der Waals surface area contributed by atoms with Crippen LogP contribution in [0.2, 0.25) is 5.02 Å². The maximum atomic E-state index is 14.8. The van der Waals surface area contributed by atoms with Crippen molar-refractivity contribution >= 4 is 34.9 Å². The number of carbonyl (C=O) groups is 1. The fraction of sp³-hybridized carbons (Fsp3) is 0.200. The first-order valence-electron chi connectivity index (χ1n) is 12.8. The topological polar surface area (TPSA) is 96.5 Å². The number of amides is 1. The minimum Gasteiger partial charge on any atom is -0.339 e. The van der Waals surface area contributed by atoms with Gasteiger partial charge >= 0.3 is 0 Å². The first-order valence-corrected chi connectivity index (χ1v) is 13.2. The minimum absolute atomic E-state index is 0.00987. The standard InChI is InChI=1S/C30H26ClFN6O/c31-20-7-10-23-25(15-20)28(24-3-1-2-4-26(24)32)34-16-19-17-35-30(37-27(19)23)36-22-8-5-18(6-9-22)29(39)38-13-11-21(33)12-14-38/h1-10,15,17,21H,11-14,16,33H2,(H,35,36,37). The van der Waals surface area contributed by atoms with Crippen LogP contribution in [0.1, 0.15) is 39.9 Å². The number of nitrogens with zero attached hydrogens (tertiary/aromatic N) is 4. The summed E-state index contributed by atoms with van der Waals surface area (Å²) in [5, 5.41) is 3.76. The van der Waals surface area contributed by atoms with E-state index in [4.69, 9.17) is 27.3 Å². The Morgan fingerprint density at radius 3 is 2.54 bits per heavy atom. The van der Waals surface area contributed by atoms with Crippen LogP contribution in [0.5, 0.6) is 0 Å². The van der Waals surface area contributed by atoms with Gasteiger partial charge in [0.25, 0.3) is 5.91 Å². The number of carbonyl (C=O) groups excluding carboxylic acids is 1. The van der Waals surface area contributed by atoms with Gasteiger partial charge in [-0.2, -0.15) is 0 Å². The molecule has 1 fully saturated rings. The molecule has 0 unspecified atom stereocenters. The highest BCUT2D eigenvalue weighted by molar-refractivity contribution is 6.31. The number of aromatic nitrogens is 2. The van der Waals surface area contributed by atoms with Crippen LogP contribution in [0.15, 0.2) is 77.9 Å². The molecule has 3 heterocycles. The molecule has 3 N–H and O–H groups in total. The molecule has 3 aromatic carbocycles. The monoisotopic (exact) mass is 540 g/mol. The molecule has 0 radical (unpaired) electrons. The highest BCUT2D eigenvalue weighted by Crippen LogP contribution is 2.34. The van der Waals surface area contributed by atoms with Gasteiger partial charge in [0.1, 0.15) is 5.82 Å². The largest absolute Gasteiger partial charge is 0.339 e. The summed E-state index contributed by atoms with van der Waals surface area (Å²) >= 11 is 6.35. The number of rotatable bonds is 4. The molecule has 196 valence electrons. The Balaban J connectivity index is 1.28. The SMILES string of the molecule is NC1CCN(C(=O)c2ccc(Nc3ncc4c(n3)-c3ccc(Cl)cc3C(c3ccccc3F)=NC4)cc2)CC1.